The van der Waals surface area contributed by atoms with Crippen molar-refractivity contribution in [3.05, 3.63) is 125 Å². The third-order valence-corrected chi connectivity index (χ3v) is 18.5. The van der Waals surface area contributed by atoms with Gasteiger partial charge >= 0.3 is 12.2 Å². The fourth-order valence-electron chi connectivity index (χ4n) is 9.31. The number of methoxy groups -OCH3 is 1. The number of hydrogen-bond acceptors (Lipinski definition) is 11. The van der Waals surface area contributed by atoms with Crippen molar-refractivity contribution in [3.8, 4) is 29.1 Å². The zero-order chi connectivity index (χ0) is 53.1. The second-order valence-electron chi connectivity index (χ2n) is 20.9. The fourth-order valence-corrected chi connectivity index (χ4v) is 10.5. The van der Waals surface area contributed by atoms with Crippen LogP contribution in [0.4, 0.5) is 21.0 Å². The topological polar surface area (TPSA) is 157 Å². The molecule has 0 aromatic heterocycles. The average molecular weight is 1010 g/mol. The minimum atomic E-state index is -2.58. The van der Waals surface area contributed by atoms with E-state index in [2.05, 4.69) is 58.9 Å². The molecule has 3 aromatic carbocycles. The first-order chi connectivity index (χ1) is 34.6. The molecule has 0 spiro atoms. The highest BCUT2D eigenvalue weighted by Crippen LogP contribution is 2.46. The van der Waals surface area contributed by atoms with Gasteiger partial charge in [-0.25, -0.2) is 14.5 Å². The minimum absolute atomic E-state index is 0.0146. The number of aryl methyl sites for hydroxylation is 1. The molecule has 17 heteroatoms. The van der Waals surface area contributed by atoms with Crippen LogP contribution in [0.2, 0.25) is 31.3 Å². The lowest BCUT2D eigenvalue weighted by Gasteiger charge is -2.44. The van der Waals surface area contributed by atoms with Gasteiger partial charge < -0.3 is 42.9 Å². The van der Waals surface area contributed by atoms with Crippen LogP contribution >= 0.6 is 0 Å². The van der Waals surface area contributed by atoms with Crippen molar-refractivity contribution < 1.29 is 52.3 Å². The molecule has 7 rings (SSSR count). The summed E-state index contributed by atoms with van der Waals surface area (Å²) in [6.07, 6.45) is 6.57. The van der Waals surface area contributed by atoms with Crippen molar-refractivity contribution in [2.45, 2.75) is 137 Å². The smallest absolute Gasteiger partial charge is 0.416 e. The largest absolute Gasteiger partial charge is 0.493 e. The van der Waals surface area contributed by atoms with E-state index in [9.17, 15) is 24.2 Å². The number of nitrogens with zero attached hydrogens (tertiary/aromatic N) is 4. The normalized spacial score (nSPS) is 19.2. The lowest BCUT2D eigenvalue weighted by Crippen LogP contribution is -2.57. The number of rotatable bonds is 15. The van der Waals surface area contributed by atoms with Crippen LogP contribution in [0.1, 0.15) is 104 Å². The summed E-state index contributed by atoms with van der Waals surface area (Å²) in [6.45, 7) is 27.0. The molecule has 4 amide bonds. The Kier molecular flexibility index (Phi) is 16.4. The highest BCUT2D eigenvalue weighted by molar-refractivity contribution is 6.74. The SMILES string of the molecule is C=CCOC(=O)N1c2cc(OCc3cc(C#CCCB(C)O)cc(COc4cc5c(cc4C)C(=O)N4C=C(C)C[C@H]4[C@H](O[Si](C)(C)C(C)(C)C)N5C(=O)OCC=C)c3)c(OC)cc2C(=O)N2C=C(C)C[C@H]2[C@@H]1C. The van der Waals surface area contributed by atoms with Gasteiger partial charge in [0, 0.05) is 36.5 Å². The van der Waals surface area contributed by atoms with Crippen LogP contribution < -0.4 is 24.0 Å². The Hall–Kier alpha value is -6.74. The predicted molar refractivity (Wildman–Crippen MR) is 286 cm³/mol. The van der Waals surface area contributed by atoms with E-state index < -0.39 is 45.7 Å². The molecular formula is C56H69BN4O11Si. The summed E-state index contributed by atoms with van der Waals surface area (Å²) in [5.41, 5.74) is 6.01. The molecule has 15 nitrogen and oxygen atoms in total. The first-order valence-electron chi connectivity index (χ1n) is 24.8. The van der Waals surface area contributed by atoms with Gasteiger partial charge in [0.2, 0.25) is 0 Å². The van der Waals surface area contributed by atoms with Crippen LogP contribution in [-0.4, -0.2) is 98.7 Å². The summed E-state index contributed by atoms with van der Waals surface area (Å²) in [7, 11) is -1.09. The quantitative estimate of drug-likeness (QED) is 0.0878. The van der Waals surface area contributed by atoms with Crippen LogP contribution in [0.3, 0.4) is 0 Å². The molecule has 0 saturated carbocycles. The molecule has 0 fully saturated rings. The second kappa shape index (κ2) is 22.2. The second-order valence-corrected chi connectivity index (χ2v) is 25.6. The van der Waals surface area contributed by atoms with E-state index in [-0.39, 0.29) is 60.6 Å². The number of fused-ring (bicyclic) bond motifs is 4. The van der Waals surface area contributed by atoms with Gasteiger partial charge in [-0.15, -0.1) is 0 Å². The van der Waals surface area contributed by atoms with E-state index in [0.717, 1.165) is 22.3 Å². The summed E-state index contributed by atoms with van der Waals surface area (Å²) in [5, 5.41) is 9.70. The van der Waals surface area contributed by atoms with Crippen molar-refractivity contribution in [2.75, 3.05) is 30.1 Å². The highest BCUT2D eigenvalue weighted by Gasteiger charge is 2.51. The fraction of sp³-hybridized carbons (Fsp3) is 0.429. The van der Waals surface area contributed by atoms with Gasteiger partial charge in [0.05, 0.1) is 47.7 Å². The Morgan fingerprint density at radius 1 is 0.795 bits per heavy atom. The minimum Gasteiger partial charge on any atom is -0.493 e. The number of amides is 4. The number of carbonyl (C=O) groups is 4. The summed E-state index contributed by atoms with van der Waals surface area (Å²) in [5.74, 6) is 6.88. The maximum atomic E-state index is 14.6. The molecule has 4 aliphatic rings. The molecular weight excluding hydrogens is 944 g/mol. The summed E-state index contributed by atoms with van der Waals surface area (Å²) in [6, 6.07) is 11.2. The number of ether oxygens (including phenoxy) is 5. The zero-order valence-corrected chi connectivity index (χ0v) is 45.1. The van der Waals surface area contributed by atoms with Crippen molar-refractivity contribution in [2.24, 2.45) is 0 Å². The molecule has 3 aromatic rings. The van der Waals surface area contributed by atoms with Crippen LogP contribution in [0.15, 0.2) is 91.3 Å². The molecule has 4 aliphatic heterocycles. The molecule has 73 heavy (non-hydrogen) atoms. The van der Waals surface area contributed by atoms with E-state index in [1.165, 1.54) is 29.1 Å². The summed E-state index contributed by atoms with van der Waals surface area (Å²) < 4.78 is 37.4. The van der Waals surface area contributed by atoms with E-state index >= 15 is 0 Å². The molecule has 0 unspecified atom stereocenters. The monoisotopic (exact) mass is 1010 g/mol. The first kappa shape index (κ1) is 54.0. The van der Waals surface area contributed by atoms with Crippen molar-refractivity contribution in [3.63, 3.8) is 0 Å². The lowest BCUT2D eigenvalue weighted by molar-refractivity contribution is 0.0589. The van der Waals surface area contributed by atoms with Crippen molar-refractivity contribution in [1.29, 1.82) is 0 Å². The number of hydrogen-bond donors (Lipinski definition) is 1. The van der Waals surface area contributed by atoms with Crippen LogP contribution in [-0.2, 0) is 27.1 Å². The third-order valence-electron chi connectivity index (χ3n) is 14.1. The molecule has 0 radical (unpaired) electrons. The average Bonchev–Trinajstić information content (AvgIpc) is 3.90. The van der Waals surface area contributed by atoms with E-state index in [4.69, 9.17) is 28.1 Å². The van der Waals surface area contributed by atoms with Gasteiger partial charge in [-0.05, 0) is 112 Å². The highest BCUT2D eigenvalue weighted by atomic mass is 28.4. The third kappa shape index (κ3) is 11.6. The van der Waals surface area contributed by atoms with Crippen LogP contribution in [0.5, 0.6) is 17.2 Å². The number of anilines is 2. The van der Waals surface area contributed by atoms with Gasteiger partial charge in [0.25, 0.3) is 18.7 Å². The zero-order valence-electron chi connectivity index (χ0n) is 44.1. The number of carbonyl (C=O) groups excluding carboxylic acids is 4. The van der Waals surface area contributed by atoms with Gasteiger partial charge in [0.15, 0.2) is 26.0 Å². The predicted octanol–water partition coefficient (Wildman–Crippen LogP) is 10.8. The van der Waals surface area contributed by atoms with Gasteiger partial charge in [-0.1, -0.05) is 75.9 Å². The molecule has 4 heterocycles. The van der Waals surface area contributed by atoms with Gasteiger partial charge in [-0.3, -0.25) is 14.5 Å². The van der Waals surface area contributed by atoms with E-state index in [0.29, 0.717) is 65.1 Å². The molecule has 0 aliphatic carbocycles. The molecule has 1 N–H and O–H groups in total. The lowest BCUT2D eigenvalue weighted by atomic mass is 9.67. The van der Waals surface area contributed by atoms with Crippen molar-refractivity contribution in [1.82, 2.24) is 9.80 Å². The van der Waals surface area contributed by atoms with Crippen molar-refractivity contribution >= 4 is 50.6 Å². The molecule has 0 bridgehead atoms. The standard InChI is InChI=1S/C56H69BN4O11Si/c1-14-20-68-54(64)60-38(6)44-22-35(3)31-58(44)52(63)43-28-49(67-11)50(30-45(43)60)71-34-41-26-39(18-16-17-19-57(10)66)25-40(27-41)33-70-48-29-46-42(24-37(48)5)51(62)59-32-36(4)23-47(59)53(61(46)55(65)69-21-15-2)72-73(12,13)56(7,8)9/h14-15,24-32,38,44,47,53,66H,1-2,17,19-23,33-34H2,3-13H3/t38-,44-,47-,53-/m0/s1. The summed E-state index contributed by atoms with van der Waals surface area (Å²) >= 11 is 0. The first-order valence-corrected chi connectivity index (χ1v) is 27.7. The Labute approximate surface area is 431 Å². The Bertz CT molecular complexity index is 2810. The van der Waals surface area contributed by atoms with Gasteiger partial charge in [0.1, 0.15) is 32.2 Å². The van der Waals surface area contributed by atoms with Crippen LogP contribution in [0.25, 0.3) is 0 Å². The Morgan fingerprint density at radius 2 is 1.33 bits per heavy atom. The number of benzene rings is 3. The Balaban J connectivity index is 1.25. The van der Waals surface area contributed by atoms with Crippen LogP contribution in [0, 0.1) is 18.8 Å². The molecule has 4 atom stereocenters. The molecule has 386 valence electrons. The summed E-state index contributed by atoms with van der Waals surface area (Å²) in [4.78, 5) is 63.3. The maximum Gasteiger partial charge on any atom is 0.416 e. The Morgan fingerprint density at radius 3 is 1.90 bits per heavy atom. The maximum absolute atomic E-state index is 14.6. The van der Waals surface area contributed by atoms with E-state index in [1.54, 1.807) is 40.9 Å². The molecule has 0 saturated heterocycles. The van der Waals surface area contributed by atoms with Gasteiger partial charge in [-0.2, -0.15) is 0 Å². The van der Waals surface area contributed by atoms with E-state index in [1.807, 2.05) is 58.3 Å².